The SMILES string of the molecule is Cc1cnc(NCCOc2ncccc2C(F)(F)F)nc1. The Morgan fingerprint density at radius 3 is 2.57 bits per heavy atom. The zero-order valence-electron chi connectivity index (χ0n) is 11.2. The number of nitrogens with one attached hydrogen (secondary N) is 1. The van der Waals surface area contributed by atoms with Crippen LogP contribution in [0.1, 0.15) is 11.1 Å². The third kappa shape index (κ3) is 4.30. The fourth-order valence-corrected chi connectivity index (χ4v) is 1.52. The summed E-state index contributed by atoms with van der Waals surface area (Å²) in [4.78, 5) is 11.6. The molecular formula is C13H13F3N4O. The summed E-state index contributed by atoms with van der Waals surface area (Å²) in [5.41, 5.74) is 0.0247. The number of aromatic nitrogens is 3. The van der Waals surface area contributed by atoms with Crippen LogP contribution in [0, 0.1) is 6.92 Å². The summed E-state index contributed by atoms with van der Waals surface area (Å²) in [6, 6.07) is 2.15. The van der Waals surface area contributed by atoms with Crippen LogP contribution < -0.4 is 10.1 Å². The molecule has 0 spiro atoms. The van der Waals surface area contributed by atoms with Gasteiger partial charge in [0.25, 0.3) is 0 Å². The van der Waals surface area contributed by atoms with E-state index in [2.05, 4.69) is 20.3 Å². The summed E-state index contributed by atoms with van der Waals surface area (Å²) >= 11 is 0. The summed E-state index contributed by atoms with van der Waals surface area (Å²) in [7, 11) is 0. The van der Waals surface area contributed by atoms with E-state index in [0.29, 0.717) is 5.95 Å². The number of pyridine rings is 1. The van der Waals surface area contributed by atoms with Crippen LogP contribution in [0.15, 0.2) is 30.7 Å². The van der Waals surface area contributed by atoms with E-state index in [1.54, 1.807) is 12.4 Å². The maximum absolute atomic E-state index is 12.7. The highest BCUT2D eigenvalue weighted by atomic mass is 19.4. The molecule has 0 saturated heterocycles. The van der Waals surface area contributed by atoms with Crippen molar-refractivity contribution >= 4 is 5.95 Å². The van der Waals surface area contributed by atoms with Crippen molar-refractivity contribution in [3.8, 4) is 5.88 Å². The summed E-state index contributed by atoms with van der Waals surface area (Å²) < 4.78 is 43.2. The van der Waals surface area contributed by atoms with Crippen LogP contribution in [0.3, 0.4) is 0 Å². The quantitative estimate of drug-likeness (QED) is 0.860. The minimum Gasteiger partial charge on any atom is -0.475 e. The molecule has 2 aromatic heterocycles. The molecule has 1 N–H and O–H groups in total. The van der Waals surface area contributed by atoms with Gasteiger partial charge in [-0.1, -0.05) is 0 Å². The summed E-state index contributed by atoms with van der Waals surface area (Å²) in [6.45, 7) is 2.13. The molecule has 0 radical (unpaired) electrons. The van der Waals surface area contributed by atoms with Crippen molar-refractivity contribution in [2.24, 2.45) is 0 Å². The fraction of sp³-hybridized carbons (Fsp3) is 0.308. The molecule has 2 rings (SSSR count). The molecule has 8 heteroatoms. The molecule has 0 amide bonds. The number of rotatable bonds is 5. The third-order valence-corrected chi connectivity index (χ3v) is 2.48. The van der Waals surface area contributed by atoms with Gasteiger partial charge in [-0.25, -0.2) is 15.0 Å². The molecule has 0 bridgehead atoms. The Morgan fingerprint density at radius 2 is 1.90 bits per heavy atom. The lowest BCUT2D eigenvalue weighted by Gasteiger charge is -2.12. The largest absolute Gasteiger partial charge is 0.475 e. The van der Waals surface area contributed by atoms with E-state index >= 15 is 0 Å². The average molecular weight is 298 g/mol. The highest BCUT2D eigenvalue weighted by molar-refractivity contribution is 5.28. The standard InChI is InChI=1S/C13H13F3N4O/c1-9-7-19-12(20-8-9)18-5-6-21-11-10(13(14,15)16)3-2-4-17-11/h2-4,7-8H,5-6H2,1H3,(H,18,19,20). The van der Waals surface area contributed by atoms with E-state index in [1.165, 1.54) is 12.3 Å². The van der Waals surface area contributed by atoms with Gasteiger partial charge >= 0.3 is 6.18 Å². The van der Waals surface area contributed by atoms with Gasteiger partial charge in [0.1, 0.15) is 12.2 Å². The molecule has 0 aromatic carbocycles. The number of alkyl halides is 3. The molecule has 5 nitrogen and oxygen atoms in total. The lowest BCUT2D eigenvalue weighted by atomic mass is 10.2. The number of hydrogen-bond donors (Lipinski definition) is 1. The molecule has 0 saturated carbocycles. The Bertz CT molecular complexity index is 587. The van der Waals surface area contributed by atoms with Gasteiger partial charge < -0.3 is 10.1 Å². The number of halogens is 3. The van der Waals surface area contributed by atoms with Crippen molar-refractivity contribution in [1.29, 1.82) is 0 Å². The van der Waals surface area contributed by atoms with Crippen molar-refractivity contribution in [3.63, 3.8) is 0 Å². The van der Waals surface area contributed by atoms with Crippen molar-refractivity contribution in [2.75, 3.05) is 18.5 Å². The molecular weight excluding hydrogens is 285 g/mol. The second-order valence-electron chi connectivity index (χ2n) is 4.21. The van der Waals surface area contributed by atoms with E-state index in [1.807, 2.05) is 6.92 Å². The molecule has 21 heavy (non-hydrogen) atoms. The predicted molar refractivity (Wildman–Crippen MR) is 70.0 cm³/mol. The van der Waals surface area contributed by atoms with Crippen molar-refractivity contribution in [3.05, 3.63) is 41.9 Å². The van der Waals surface area contributed by atoms with Crippen LogP contribution in [0.25, 0.3) is 0 Å². The van der Waals surface area contributed by atoms with Crippen LogP contribution in [-0.4, -0.2) is 28.1 Å². The first-order valence-corrected chi connectivity index (χ1v) is 6.14. The van der Waals surface area contributed by atoms with Crippen LogP contribution >= 0.6 is 0 Å². The van der Waals surface area contributed by atoms with Crippen LogP contribution in [0.2, 0.25) is 0 Å². The molecule has 2 aromatic rings. The van der Waals surface area contributed by atoms with Gasteiger partial charge in [0, 0.05) is 18.6 Å². The van der Waals surface area contributed by atoms with Crippen LogP contribution in [0.4, 0.5) is 19.1 Å². The predicted octanol–water partition coefficient (Wildman–Crippen LogP) is 2.69. The maximum atomic E-state index is 12.7. The second-order valence-corrected chi connectivity index (χ2v) is 4.21. The van der Waals surface area contributed by atoms with Crippen molar-refractivity contribution in [1.82, 2.24) is 15.0 Å². The number of aryl methyl sites for hydroxylation is 1. The topological polar surface area (TPSA) is 59.9 Å². The van der Waals surface area contributed by atoms with Gasteiger partial charge in [0.05, 0.1) is 6.54 Å². The summed E-state index contributed by atoms with van der Waals surface area (Å²) in [5, 5.41) is 2.84. The molecule has 0 atom stereocenters. The minimum absolute atomic E-state index is 0.0112. The van der Waals surface area contributed by atoms with Gasteiger partial charge in [0.2, 0.25) is 11.8 Å². The van der Waals surface area contributed by atoms with Gasteiger partial charge in [-0.3, -0.25) is 0 Å². The Labute approximate surface area is 119 Å². The Balaban J connectivity index is 1.88. The molecule has 0 unspecified atom stereocenters. The van der Waals surface area contributed by atoms with E-state index in [4.69, 9.17) is 4.74 Å². The molecule has 2 heterocycles. The van der Waals surface area contributed by atoms with Crippen molar-refractivity contribution < 1.29 is 17.9 Å². The number of anilines is 1. The monoisotopic (exact) mass is 298 g/mol. The van der Waals surface area contributed by atoms with E-state index < -0.39 is 17.6 Å². The first-order chi connectivity index (χ1) is 9.97. The minimum atomic E-state index is -4.49. The van der Waals surface area contributed by atoms with E-state index in [-0.39, 0.29) is 13.2 Å². The zero-order valence-corrected chi connectivity index (χ0v) is 11.2. The van der Waals surface area contributed by atoms with Crippen molar-refractivity contribution in [2.45, 2.75) is 13.1 Å². The zero-order chi connectivity index (χ0) is 15.3. The summed E-state index contributed by atoms with van der Waals surface area (Å²) in [5.74, 6) is -0.0436. The first-order valence-electron chi connectivity index (χ1n) is 6.14. The third-order valence-electron chi connectivity index (χ3n) is 2.48. The number of nitrogens with zero attached hydrogens (tertiary/aromatic N) is 3. The molecule has 112 valence electrons. The lowest BCUT2D eigenvalue weighted by Crippen LogP contribution is -2.16. The van der Waals surface area contributed by atoms with Crippen LogP contribution in [0.5, 0.6) is 5.88 Å². The Hall–Kier alpha value is -2.38. The lowest BCUT2D eigenvalue weighted by molar-refractivity contribution is -0.139. The van der Waals surface area contributed by atoms with E-state index in [0.717, 1.165) is 11.6 Å². The van der Waals surface area contributed by atoms with Gasteiger partial charge in [-0.15, -0.1) is 0 Å². The number of ether oxygens (including phenoxy) is 1. The normalized spacial score (nSPS) is 11.2. The Kier molecular flexibility index (Phi) is 4.56. The molecule has 0 fully saturated rings. The number of hydrogen-bond acceptors (Lipinski definition) is 5. The molecule has 0 aliphatic rings. The highest BCUT2D eigenvalue weighted by Crippen LogP contribution is 2.34. The van der Waals surface area contributed by atoms with Gasteiger partial charge in [-0.2, -0.15) is 13.2 Å². The second kappa shape index (κ2) is 6.38. The maximum Gasteiger partial charge on any atom is 0.421 e. The Morgan fingerprint density at radius 1 is 1.19 bits per heavy atom. The van der Waals surface area contributed by atoms with E-state index in [9.17, 15) is 13.2 Å². The highest BCUT2D eigenvalue weighted by Gasteiger charge is 2.34. The molecule has 0 aliphatic carbocycles. The average Bonchev–Trinajstić information content (AvgIpc) is 2.45. The first kappa shape index (κ1) is 15.0. The summed E-state index contributed by atoms with van der Waals surface area (Å²) in [6.07, 6.45) is 0.0333. The molecule has 0 aliphatic heterocycles. The van der Waals surface area contributed by atoms with Gasteiger partial charge in [0.15, 0.2) is 0 Å². The fourth-order valence-electron chi connectivity index (χ4n) is 1.52. The van der Waals surface area contributed by atoms with Gasteiger partial charge in [-0.05, 0) is 24.6 Å². The smallest absolute Gasteiger partial charge is 0.421 e. The van der Waals surface area contributed by atoms with Crippen LogP contribution in [-0.2, 0) is 6.18 Å².